The summed E-state index contributed by atoms with van der Waals surface area (Å²) in [4.78, 5) is 17.6. The number of likely N-dealkylation sites (tertiary alicyclic amines) is 1. The molecule has 0 aromatic heterocycles. The van der Waals surface area contributed by atoms with Crippen LogP contribution in [-0.4, -0.2) is 55.5 Å². The van der Waals surface area contributed by atoms with Gasteiger partial charge in [-0.25, -0.2) is 0 Å². The first-order valence-corrected chi connectivity index (χ1v) is 11.3. The van der Waals surface area contributed by atoms with E-state index in [1.807, 2.05) is 42.3 Å². The van der Waals surface area contributed by atoms with Crippen LogP contribution in [0.3, 0.4) is 0 Å². The molecule has 2 fully saturated rings. The first kappa shape index (κ1) is 21.8. The minimum Gasteiger partial charge on any atom is -0.497 e. The van der Waals surface area contributed by atoms with Gasteiger partial charge in [-0.2, -0.15) is 0 Å². The lowest BCUT2D eigenvalue weighted by molar-refractivity contribution is -0.135. The van der Waals surface area contributed by atoms with Crippen LogP contribution in [0.4, 0.5) is 0 Å². The molecule has 6 heteroatoms. The lowest BCUT2D eigenvalue weighted by atomic mass is 9.83. The van der Waals surface area contributed by atoms with E-state index in [2.05, 4.69) is 40.0 Å². The van der Waals surface area contributed by atoms with Crippen molar-refractivity contribution in [3.05, 3.63) is 65.7 Å². The van der Waals surface area contributed by atoms with E-state index in [0.717, 1.165) is 37.4 Å². The van der Waals surface area contributed by atoms with Gasteiger partial charge in [0.1, 0.15) is 5.75 Å². The molecule has 6 nitrogen and oxygen atoms in total. The first-order chi connectivity index (χ1) is 15.1. The molecule has 2 N–H and O–H groups in total. The van der Waals surface area contributed by atoms with Crippen LogP contribution < -0.4 is 15.6 Å². The number of hydrogen-bond donors (Lipinski definition) is 2. The number of amides is 1. The van der Waals surface area contributed by atoms with Gasteiger partial charge >= 0.3 is 0 Å². The van der Waals surface area contributed by atoms with Gasteiger partial charge in [-0.15, -0.1) is 0 Å². The molecule has 0 spiro atoms. The quantitative estimate of drug-likeness (QED) is 0.719. The maximum absolute atomic E-state index is 13.3. The summed E-state index contributed by atoms with van der Waals surface area (Å²) in [5.41, 5.74) is 9.17. The number of benzene rings is 2. The third kappa shape index (κ3) is 5.45. The minimum atomic E-state index is -0.0281. The predicted molar refractivity (Wildman–Crippen MR) is 122 cm³/mol. The third-order valence-corrected chi connectivity index (χ3v) is 6.60. The van der Waals surface area contributed by atoms with E-state index < -0.39 is 0 Å². The first-order valence-electron chi connectivity index (χ1n) is 11.3. The van der Waals surface area contributed by atoms with E-state index in [-0.39, 0.29) is 17.9 Å². The van der Waals surface area contributed by atoms with Crippen LogP contribution in [0.15, 0.2) is 54.6 Å². The van der Waals surface area contributed by atoms with Gasteiger partial charge in [0.15, 0.2) is 0 Å². The van der Waals surface area contributed by atoms with Crippen LogP contribution >= 0.6 is 0 Å². The molecule has 0 radical (unpaired) electrons. The molecule has 2 heterocycles. The lowest BCUT2D eigenvalue weighted by Crippen LogP contribution is -2.49. The van der Waals surface area contributed by atoms with E-state index in [0.29, 0.717) is 19.0 Å². The molecule has 3 unspecified atom stereocenters. The van der Waals surface area contributed by atoms with Crippen LogP contribution in [0, 0.1) is 11.8 Å². The summed E-state index contributed by atoms with van der Waals surface area (Å²) < 4.78 is 5.27. The molecular formula is C25H34N4O2. The highest BCUT2D eigenvalue weighted by molar-refractivity contribution is 5.80. The summed E-state index contributed by atoms with van der Waals surface area (Å²) in [6.45, 7) is 4.40. The average Bonchev–Trinajstić information content (AvgIpc) is 3.30. The van der Waals surface area contributed by atoms with E-state index in [1.54, 1.807) is 7.11 Å². The fourth-order valence-electron chi connectivity index (χ4n) is 4.94. The summed E-state index contributed by atoms with van der Waals surface area (Å²) in [6.07, 6.45) is 2.32. The minimum absolute atomic E-state index is 0.0281. The zero-order chi connectivity index (χ0) is 21.6. The maximum Gasteiger partial charge on any atom is 0.228 e. The van der Waals surface area contributed by atoms with Crippen LogP contribution in [0.1, 0.15) is 24.0 Å². The molecule has 4 rings (SSSR count). The van der Waals surface area contributed by atoms with E-state index >= 15 is 0 Å². The zero-order valence-electron chi connectivity index (χ0n) is 18.6. The van der Waals surface area contributed by atoms with Crippen molar-refractivity contribution in [2.75, 3.05) is 33.8 Å². The van der Waals surface area contributed by atoms with Crippen LogP contribution in [-0.2, 0) is 17.9 Å². The van der Waals surface area contributed by atoms with Gasteiger partial charge in [-0.3, -0.25) is 20.5 Å². The summed E-state index contributed by atoms with van der Waals surface area (Å²) in [5.74, 6) is 1.54. The number of hydrogen-bond acceptors (Lipinski definition) is 5. The molecular weight excluding hydrogens is 388 g/mol. The number of nitrogens with zero attached hydrogens (tertiary/aromatic N) is 2. The Morgan fingerprint density at radius 2 is 1.90 bits per heavy atom. The van der Waals surface area contributed by atoms with Crippen molar-refractivity contribution in [3.8, 4) is 5.75 Å². The number of hydrazine groups is 1. The molecule has 31 heavy (non-hydrogen) atoms. The second-order valence-corrected chi connectivity index (χ2v) is 8.82. The predicted octanol–water partition coefficient (Wildman–Crippen LogP) is 2.66. The summed E-state index contributed by atoms with van der Waals surface area (Å²) in [7, 11) is 3.61. The molecule has 166 valence electrons. The normalized spacial score (nSPS) is 24.1. The standard InChI is InChI=1S/C25H34N4O2/c1-28(16-19-7-4-3-5-8-19)25(30)23-15-26-27-24(23)21-9-6-14-29(18-21)17-20-10-12-22(31-2)13-11-20/h3-5,7-8,10-13,21,23-24,26-27H,6,9,14-18H2,1-2H3. The van der Waals surface area contributed by atoms with Crippen molar-refractivity contribution in [3.63, 3.8) is 0 Å². The van der Waals surface area contributed by atoms with Gasteiger partial charge in [-0.1, -0.05) is 42.5 Å². The van der Waals surface area contributed by atoms with Gasteiger partial charge in [0, 0.05) is 39.3 Å². The second-order valence-electron chi connectivity index (χ2n) is 8.82. The molecule has 2 saturated heterocycles. The molecule has 3 atom stereocenters. The number of piperidine rings is 1. The van der Waals surface area contributed by atoms with Crippen LogP contribution in [0.25, 0.3) is 0 Å². The third-order valence-electron chi connectivity index (χ3n) is 6.60. The highest BCUT2D eigenvalue weighted by Crippen LogP contribution is 2.28. The SMILES string of the molecule is COc1ccc(CN2CCCC(C3NNCC3C(=O)N(C)Cc3ccccc3)C2)cc1. The van der Waals surface area contributed by atoms with Gasteiger partial charge in [-0.05, 0) is 48.6 Å². The number of rotatable bonds is 7. The molecule has 0 bridgehead atoms. The van der Waals surface area contributed by atoms with Crippen molar-refractivity contribution < 1.29 is 9.53 Å². The van der Waals surface area contributed by atoms with Crippen molar-refractivity contribution in [1.29, 1.82) is 0 Å². The monoisotopic (exact) mass is 422 g/mol. The number of carbonyl (C=O) groups excluding carboxylic acids is 1. The largest absolute Gasteiger partial charge is 0.497 e. The Balaban J connectivity index is 1.36. The summed E-state index contributed by atoms with van der Waals surface area (Å²) in [5, 5.41) is 0. The Hall–Kier alpha value is -2.41. The van der Waals surface area contributed by atoms with Crippen LogP contribution in [0.5, 0.6) is 5.75 Å². The fourth-order valence-corrected chi connectivity index (χ4v) is 4.94. The Kier molecular flexibility index (Phi) is 7.22. The van der Waals surface area contributed by atoms with Gasteiger partial charge < -0.3 is 9.64 Å². The molecule has 2 aromatic rings. The average molecular weight is 423 g/mol. The lowest BCUT2D eigenvalue weighted by Gasteiger charge is -2.37. The molecule has 2 aromatic carbocycles. The van der Waals surface area contributed by atoms with Crippen molar-refractivity contribution in [2.24, 2.45) is 11.8 Å². The number of carbonyl (C=O) groups is 1. The Morgan fingerprint density at radius 1 is 1.13 bits per heavy atom. The Labute approximate surface area is 185 Å². The van der Waals surface area contributed by atoms with Crippen molar-refractivity contribution >= 4 is 5.91 Å². The van der Waals surface area contributed by atoms with E-state index in [1.165, 1.54) is 12.0 Å². The fraction of sp³-hybridized carbons (Fsp3) is 0.480. The number of nitrogens with one attached hydrogen (secondary N) is 2. The highest BCUT2D eigenvalue weighted by atomic mass is 16.5. The van der Waals surface area contributed by atoms with Gasteiger partial charge in [0.25, 0.3) is 0 Å². The molecule has 2 aliphatic rings. The molecule has 0 aliphatic carbocycles. The van der Waals surface area contributed by atoms with Crippen molar-refractivity contribution in [2.45, 2.75) is 32.0 Å². The number of methoxy groups -OCH3 is 1. The molecule has 2 aliphatic heterocycles. The van der Waals surface area contributed by atoms with Crippen LogP contribution in [0.2, 0.25) is 0 Å². The Morgan fingerprint density at radius 3 is 2.65 bits per heavy atom. The highest BCUT2D eigenvalue weighted by Gasteiger charge is 2.40. The van der Waals surface area contributed by atoms with E-state index in [4.69, 9.17) is 4.74 Å². The van der Waals surface area contributed by atoms with Gasteiger partial charge in [0.05, 0.1) is 13.0 Å². The smallest absolute Gasteiger partial charge is 0.228 e. The molecule has 0 saturated carbocycles. The van der Waals surface area contributed by atoms with Gasteiger partial charge in [0.2, 0.25) is 5.91 Å². The summed E-state index contributed by atoms with van der Waals surface area (Å²) >= 11 is 0. The number of ether oxygens (including phenoxy) is 1. The zero-order valence-corrected chi connectivity index (χ0v) is 18.6. The van der Waals surface area contributed by atoms with Crippen molar-refractivity contribution in [1.82, 2.24) is 20.7 Å². The topological polar surface area (TPSA) is 56.8 Å². The molecule has 1 amide bonds. The Bertz CT molecular complexity index is 842. The summed E-state index contributed by atoms with van der Waals surface area (Å²) in [6, 6.07) is 18.7. The second kappa shape index (κ2) is 10.3. The van der Waals surface area contributed by atoms with E-state index in [9.17, 15) is 4.79 Å². The maximum atomic E-state index is 13.3.